The van der Waals surface area contributed by atoms with E-state index < -0.39 is 0 Å². The molecule has 6 heteroatoms. The highest BCUT2D eigenvalue weighted by Gasteiger charge is 2.27. The maximum Gasteiger partial charge on any atom is 0.199 e. The molecule has 0 unspecified atom stereocenters. The number of ether oxygens (including phenoxy) is 1. The van der Waals surface area contributed by atoms with Crippen LogP contribution in [-0.4, -0.2) is 32.4 Å². The maximum atomic E-state index is 5.71. The van der Waals surface area contributed by atoms with Crippen LogP contribution in [0.4, 0.5) is 0 Å². The van der Waals surface area contributed by atoms with Gasteiger partial charge in [-0.15, -0.1) is 0 Å². The van der Waals surface area contributed by atoms with Gasteiger partial charge in [-0.3, -0.25) is 4.90 Å². The fourth-order valence-corrected chi connectivity index (χ4v) is 4.32. The van der Waals surface area contributed by atoms with Gasteiger partial charge in [0.1, 0.15) is 5.75 Å². The molecule has 0 aliphatic carbocycles. The summed E-state index contributed by atoms with van der Waals surface area (Å²) in [5.41, 5.74) is 3.66. The first-order chi connectivity index (χ1) is 14.1. The second kappa shape index (κ2) is 8.51. The van der Waals surface area contributed by atoms with Gasteiger partial charge < -0.3 is 9.30 Å². The van der Waals surface area contributed by atoms with Gasteiger partial charge in [0.05, 0.1) is 13.3 Å². The summed E-state index contributed by atoms with van der Waals surface area (Å²) in [6.45, 7) is 6.57. The number of likely N-dealkylation sites (tertiary alicyclic amines) is 1. The van der Waals surface area contributed by atoms with Crippen molar-refractivity contribution in [3.8, 4) is 17.1 Å². The number of aromatic nitrogens is 3. The fraction of sp³-hybridized carbons (Fsp3) is 0.391. The van der Waals surface area contributed by atoms with E-state index in [1.54, 1.807) is 0 Å². The number of benzene rings is 2. The van der Waals surface area contributed by atoms with Crippen LogP contribution in [-0.2, 0) is 13.7 Å². The largest absolute Gasteiger partial charge is 0.494 e. The zero-order valence-electron chi connectivity index (χ0n) is 17.3. The molecule has 2 aromatic carbocycles. The molecule has 29 heavy (non-hydrogen) atoms. The van der Waals surface area contributed by atoms with Crippen molar-refractivity contribution in [3.05, 3.63) is 64.4 Å². The highest BCUT2D eigenvalue weighted by atomic mass is 32.1. The van der Waals surface area contributed by atoms with Gasteiger partial charge in [-0.1, -0.05) is 36.4 Å². The minimum atomic E-state index is 0.386. The van der Waals surface area contributed by atoms with Crippen molar-refractivity contribution < 1.29 is 4.74 Å². The van der Waals surface area contributed by atoms with E-state index in [9.17, 15) is 0 Å². The van der Waals surface area contributed by atoms with Gasteiger partial charge >= 0.3 is 0 Å². The number of aryl methyl sites for hydroxylation is 1. The molecule has 1 aromatic heterocycles. The quantitative estimate of drug-likeness (QED) is 0.530. The molecule has 0 amide bonds. The number of hydrogen-bond acceptors (Lipinski definition) is 4. The Labute approximate surface area is 177 Å². The van der Waals surface area contributed by atoms with E-state index >= 15 is 0 Å². The summed E-state index contributed by atoms with van der Waals surface area (Å²) in [5, 5.41) is 4.88. The third-order valence-corrected chi connectivity index (χ3v) is 6.17. The Morgan fingerprint density at radius 1 is 1.14 bits per heavy atom. The highest BCUT2D eigenvalue weighted by molar-refractivity contribution is 7.71. The van der Waals surface area contributed by atoms with Crippen molar-refractivity contribution in [1.29, 1.82) is 0 Å². The molecule has 4 rings (SSSR count). The predicted octanol–water partition coefficient (Wildman–Crippen LogP) is 5.12. The molecule has 152 valence electrons. The number of rotatable bonds is 6. The number of hydrogen-bond donors (Lipinski definition) is 0. The first-order valence-corrected chi connectivity index (χ1v) is 10.7. The summed E-state index contributed by atoms with van der Waals surface area (Å²) in [6.07, 6.45) is 2.33. The second-order valence-corrected chi connectivity index (χ2v) is 7.96. The molecule has 2 heterocycles. The maximum absolute atomic E-state index is 5.71. The molecule has 0 saturated carbocycles. The lowest BCUT2D eigenvalue weighted by Crippen LogP contribution is -2.27. The van der Waals surface area contributed by atoms with Gasteiger partial charge in [-0.2, -0.15) is 5.10 Å². The molecule has 0 N–H and O–H groups in total. The van der Waals surface area contributed by atoms with E-state index in [-0.39, 0.29) is 0 Å². The number of nitrogens with zero attached hydrogens (tertiary/aromatic N) is 4. The summed E-state index contributed by atoms with van der Waals surface area (Å²) < 4.78 is 10.3. The van der Waals surface area contributed by atoms with Crippen molar-refractivity contribution in [1.82, 2.24) is 19.2 Å². The Kier molecular flexibility index (Phi) is 5.83. The van der Waals surface area contributed by atoms with Crippen molar-refractivity contribution in [2.75, 3.05) is 13.2 Å². The molecule has 1 saturated heterocycles. The van der Waals surface area contributed by atoms with Crippen LogP contribution in [0.25, 0.3) is 11.4 Å². The Bertz CT molecular complexity index is 1040. The third kappa shape index (κ3) is 4.00. The minimum Gasteiger partial charge on any atom is -0.494 e. The van der Waals surface area contributed by atoms with E-state index in [1.165, 1.54) is 17.5 Å². The topological polar surface area (TPSA) is 35.2 Å². The monoisotopic (exact) mass is 408 g/mol. The van der Waals surface area contributed by atoms with Crippen LogP contribution in [0.3, 0.4) is 0 Å². The molecule has 3 aromatic rings. The Morgan fingerprint density at radius 3 is 2.62 bits per heavy atom. The predicted molar refractivity (Wildman–Crippen MR) is 118 cm³/mol. The van der Waals surface area contributed by atoms with Crippen LogP contribution in [0.5, 0.6) is 5.75 Å². The standard InChI is InChI=1S/C23H28N4OS/c1-4-28-19-13-11-18(12-14-19)21-10-7-15-26(21)16-27-23(29)25(3)22(24-27)20-9-6-5-8-17(20)2/h5-6,8-9,11-14,21H,4,7,10,15-16H2,1-3H3/t21-/m1/s1. The first-order valence-electron chi connectivity index (χ1n) is 10.2. The Morgan fingerprint density at radius 2 is 1.90 bits per heavy atom. The van der Waals surface area contributed by atoms with Crippen LogP contribution in [0.15, 0.2) is 48.5 Å². The van der Waals surface area contributed by atoms with E-state index in [1.807, 2.05) is 29.3 Å². The molecule has 0 radical (unpaired) electrons. The molecule has 0 spiro atoms. The van der Waals surface area contributed by atoms with Gasteiger partial charge in [0, 0.05) is 25.2 Å². The van der Waals surface area contributed by atoms with Crippen molar-refractivity contribution in [2.45, 2.75) is 39.4 Å². The van der Waals surface area contributed by atoms with E-state index in [0.717, 1.165) is 34.9 Å². The molecular formula is C23H28N4OS. The summed E-state index contributed by atoms with van der Waals surface area (Å²) in [4.78, 5) is 2.47. The lowest BCUT2D eigenvalue weighted by molar-refractivity contribution is 0.190. The summed E-state index contributed by atoms with van der Waals surface area (Å²) >= 11 is 5.71. The van der Waals surface area contributed by atoms with Gasteiger partial charge in [0.15, 0.2) is 10.6 Å². The van der Waals surface area contributed by atoms with Crippen LogP contribution in [0, 0.1) is 11.7 Å². The van der Waals surface area contributed by atoms with E-state index in [4.69, 9.17) is 22.1 Å². The molecule has 5 nitrogen and oxygen atoms in total. The highest BCUT2D eigenvalue weighted by Crippen LogP contribution is 2.33. The van der Waals surface area contributed by atoms with Gasteiger partial charge in [0.2, 0.25) is 0 Å². The fourth-order valence-electron chi connectivity index (χ4n) is 4.14. The lowest BCUT2D eigenvalue weighted by Gasteiger charge is -2.24. The molecule has 1 atom stereocenters. The van der Waals surface area contributed by atoms with Gasteiger partial charge in [-0.05, 0) is 62.2 Å². The minimum absolute atomic E-state index is 0.386. The van der Waals surface area contributed by atoms with Crippen LogP contribution in [0.1, 0.15) is 36.9 Å². The van der Waals surface area contributed by atoms with Crippen LogP contribution in [0.2, 0.25) is 0 Å². The average molecular weight is 409 g/mol. The average Bonchev–Trinajstić information content (AvgIpc) is 3.30. The molecule has 1 aliphatic heterocycles. The Balaban J connectivity index is 1.58. The molecule has 1 aliphatic rings. The normalized spacial score (nSPS) is 17.0. The zero-order valence-corrected chi connectivity index (χ0v) is 18.2. The van der Waals surface area contributed by atoms with Gasteiger partial charge in [0.25, 0.3) is 0 Å². The molecule has 1 fully saturated rings. The SMILES string of the molecule is CCOc1ccc([C@H]2CCCN2Cn2nc(-c3ccccc3C)n(C)c2=S)cc1. The zero-order chi connectivity index (χ0) is 20.4. The molecular weight excluding hydrogens is 380 g/mol. The van der Waals surface area contributed by atoms with Gasteiger partial charge in [-0.25, -0.2) is 4.68 Å². The van der Waals surface area contributed by atoms with E-state index in [0.29, 0.717) is 19.3 Å². The summed E-state index contributed by atoms with van der Waals surface area (Å²) in [5.74, 6) is 1.85. The van der Waals surface area contributed by atoms with Crippen molar-refractivity contribution >= 4 is 12.2 Å². The summed E-state index contributed by atoms with van der Waals surface area (Å²) in [7, 11) is 2.00. The first kappa shape index (κ1) is 19.9. The van der Waals surface area contributed by atoms with Crippen molar-refractivity contribution in [2.24, 2.45) is 7.05 Å². The lowest BCUT2D eigenvalue weighted by atomic mass is 10.0. The Hall–Kier alpha value is -2.44. The molecule has 0 bridgehead atoms. The van der Waals surface area contributed by atoms with E-state index in [2.05, 4.69) is 54.3 Å². The van der Waals surface area contributed by atoms with Crippen LogP contribution < -0.4 is 4.74 Å². The van der Waals surface area contributed by atoms with Crippen molar-refractivity contribution in [3.63, 3.8) is 0 Å². The second-order valence-electron chi connectivity index (χ2n) is 7.59. The summed E-state index contributed by atoms with van der Waals surface area (Å²) in [6, 6.07) is 17.2. The third-order valence-electron chi connectivity index (χ3n) is 5.68. The van der Waals surface area contributed by atoms with Crippen LogP contribution >= 0.6 is 12.2 Å². The smallest absolute Gasteiger partial charge is 0.199 e.